The van der Waals surface area contributed by atoms with Crippen LogP contribution in [0.15, 0.2) is 114 Å². The maximum atomic E-state index is 15.6. The largest absolute Gasteiger partial charge is 0.484 e. The molecule has 3 aromatic carbocycles. The van der Waals surface area contributed by atoms with Crippen molar-refractivity contribution in [3.8, 4) is 0 Å². The Hall–Kier alpha value is -6.16. The molecule has 3 aliphatic carbocycles. The highest BCUT2D eigenvalue weighted by Crippen LogP contribution is 2.64. The lowest BCUT2D eigenvalue weighted by molar-refractivity contribution is -0.346. The van der Waals surface area contributed by atoms with Gasteiger partial charge in [0.25, 0.3) is 5.91 Å². The van der Waals surface area contributed by atoms with E-state index >= 15 is 4.79 Å². The molecule has 1 amide bonds. The third kappa shape index (κ3) is 8.14. The van der Waals surface area contributed by atoms with Crippen LogP contribution in [0.3, 0.4) is 0 Å². The van der Waals surface area contributed by atoms with E-state index in [0.717, 1.165) is 6.92 Å². The second-order valence-corrected chi connectivity index (χ2v) is 17.9. The molecule has 1 heterocycles. The predicted molar refractivity (Wildman–Crippen MR) is 231 cm³/mol. The molecule has 15 heteroatoms. The maximum Gasteiger partial charge on any atom is 0.350 e. The molecular formula is C50H55NO14. The first kappa shape index (κ1) is 46.8. The van der Waals surface area contributed by atoms with Gasteiger partial charge in [-0.2, -0.15) is 0 Å². The highest BCUT2D eigenvalue weighted by Gasteiger charge is 2.78. The number of carbonyl (C=O) groups excluding carboxylic acids is 6. The van der Waals surface area contributed by atoms with Gasteiger partial charge in [-0.15, -0.1) is 0 Å². The molecule has 3 N–H and O–H groups in total. The molecule has 3 fully saturated rings. The van der Waals surface area contributed by atoms with E-state index in [1.807, 2.05) is 0 Å². The Balaban J connectivity index is 1.42. The molecule has 2 saturated carbocycles. The number of fused-ring (bicyclic) bond motifs is 5. The van der Waals surface area contributed by atoms with E-state index < -0.39 is 113 Å². The second-order valence-electron chi connectivity index (χ2n) is 17.9. The molecule has 1 saturated heterocycles. The molecule has 7 rings (SSSR count). The van der Waals surface area contributed by atoms with Gasteiger partial charge >= 0.3 is 23.9 Å². The van der Waals surface area contributed by atoms with Gasteiger partial charge in [-0.05, 0) is 61.7 Å². The Kier molecular flexibility index (Phi) is 13.0. The Labute approximate surface area is 377 Å². The van der Waals surface area contributed by atoms with Crippen molar-refractivity contribution in [1.82, 2.24) is 5.32 Å². The molecule has 65 heavy (non-hydrogen) atoms. The minimum Gasteiger partial charge on any atom is -0.484 e. The number of amides is 1. The van der Waals surface area contributed by atoms with Gasteiger partial charge in [-0.1, -0.05) is 86.7 Å². The van der Waals surface area contributed by atoms with Crippen molar-refractivity contribution < 1.29 is 67.4 Å². The van der Waals surface area contributed by atoms with Crippen LogP contribution in [0.2, 0.25) is 0 Å². The lowest BCUT2D eigenvalue weighted by Gasteiger charge is -2.67. The van der Waals surface area contributed by atoms with Gasteiger partial charge in [0.15, 0.2) is 17.5 Å². The number of allylic oxidation sites excluding steroid dienone is 1. The van der Waals surface area contributed by atoms with Crippen LogP contribution in [0.4, 0.5) is 0 Å². The zero-order chi connectivity index (χ0) is 47.1. The molecular weight excluding hydrogens is 839 g/mol. The molecule has 4 aliphatic rings. The van der Waals surface area contributed by atoms with Gasteiger partial charge < -0.3 is 44.0 Å². The SMILES string of the molecule is CC=COC(C(=O)OC1CC2(O)C(OC(=O)c3ccccc3)C3C4(OC(C)=O)COC4CC(O)C3(C)C(=O)C(OC(C)=O)C(=C1C)C2(C)C)C(NC(=O)c1ccccc1)c1ccccc1. The number of aliphatic hydroxyl groups excluding tert-OH is 1. The van der Waals surface area contributed by atoms with Crippen molar-refractivity contribution in [2.75, 3.05) is 6.61 Å². The van der Waals surface area contributed by atoms with Crippen LogP contribution < -0.4 is 5.32 Å². The van der Waals surface area contributed by atoms with Crippen LogP contribution in [0.1, 0.15) is 93.6 Å². The summed E-state index contributed by atoms with van der Waals surface area (Å²) in [5.74, 6) is -6.44. The Morgan fingerprint density at radius 3 is 2.00 bits per heavy atom. The standard InChI is InChI=1S/C50H55NO14/c1-8-24-60-40(38(31-18-12-9-13-19-31)51-44(56)32-20-14-10-15-21-32)46(58)63-34-26-50(59)43(64-45(57)33-22-16-11-17-23-33)41-48(7,35(54)25-36-49(41,27-61-36)65-30(4)53)42(55)39(62-29(3)52)37(28(34)2)47(50,5)6/h8-24,34-36,38-41,43,54,59H,25-27H2,1-7H3,(H,51,56). The molecule has 0 aromatic heterocycles. The molecule has 15 nitrogen and oxygen atoms in total. The lowest BCUT2D eigenvalue weighted by atomic mass is 9.44. The third-order valence-corrected chi connectivity index (χ3v) is 13.8. The summed E-state index contributed by atoms with van der Waals surface area (Å²) in [6.45, 7) is 9.82. The average Bonchev–Trinajstić information content (AvgIpc) is 3.27. The molecule has 3 aromatic rings. The Morgan fingerprint density at radius 2 is 1.45 bits per heavy atom. The van der Waals surface area contributed by atoms with Crippen LogP contribution in [0.25, 0.3) is 0 Å². The van der Waals surface area contributed by atoms with Crippen molar-refractivity contribution in [1.29, 1.82) is 0 Å². The van der Waals surface area contributed by atoms with Crippen molar-refractivity contribution in [2.24, 2.45) is 16.7 Å². The minimum absolute atomic E-state index is 0.0355. The highest BCUT2D eigenvalue weighted by atomic mass is 16.6. The van der Waals surface area contributed by atoms with Crippen LogP contribution in [0, 0.1) is 16.7 Å². The predicted octanol–water partition coefficient (Wildman–Crippen LogP) is 5.29. The molecule has 0 radical (unpaired) electrons. The summed E-state index contributed by atoms with van der Waals surface area (Å²) in [4.78, 5) is 84.8. The second kappa shape index (κ2) is 18.0. The number of hydrogen-bond acceptors (Lipinski definition) is 14. The lowest BCUT2D eigenvalue weighted by Crippen LogP contribution is -2.82. The van der Waals surface area contributed by atoms with Gasteiger partial charge in [0.05, 0.1) is 35.9 Å². The fourth-order valence-electron chi connectivity index (χ4n) is 10.5. The number of esters is 4. The van der Waals surface area contributed by atoms with Gasteiger partial charge in [-0.3, -0.25) is 19.2 Å². The molecule has 11 atom stereocenters. The fraction of sp³-hybridized carbons (Fsp3) is 0.440. The van der Waals surface area contributed by atoms with Crippen molar-refractivity contribution >= 4 is 35.6 Å². The van der Waals surface area contributed by atoms with Crippen molar-refractivity contribution in [3.63, 3.8) is 0 Å². The van der Waals surface area contributed by atoms with E-state index in [0.29, 0.717) is 11.1 Å². The van der Waals surface area contributed by atoms with Crippen LogP contribution in [-0.2, 0) is 47.6 Å². The molecule has 1 aliphatic heterocycles. The number of rotatable bonds is 12. The number of ketones is 1. The summed E-state index contributed by atoms with van der Waals surface area (Å²) in [6.07, 6.45) is -7.04. The Bertz CT molecular complexity index is 2380. The third-order valence-electron chi connectivity index (χ3n) is 13.8. The van der Waals surface area contributed by atoms with Gasteiger partial charge in [0.2, 0.25) is 6.10 Å². The highest BCUT2D eigenvalue weighted by molar-refractivity contribution is 5.96. The topological polar surface area (TPSA) is 210 Å². The number of hydrogen-bond donors (Lipinski definition) is 3. The smallest absolute Gasteiger partial charge is 0.350 e. The zero-order valence-corrected chi connectivity index (χ0v) is 37.3. The fourth-order valence-corrected chi connectivity index (χ4v) is 10.5. The summed E-state index contributed by atoms with van der Waals surface area (Å²) in [5, 5.41) is 28.9. The molecule has 2 bridgehead atoms. The average molecular weight is 894 g/mol. The maximum absolute atomic E-state index is 15.6. The van der Waals surface area contributed by atoms with E-state index in [1.54, 1.807) is 113 Å². The number of carbonyl (C=O) groups is 6. The first-order valence-electron chi connectivity index (χ1n) is 21.6. The van der Waals surface area contributed by atoms with Gasteiger partial charge in [0, 0.05) is 37.7 Å². The van der Waals surface area contributed by atoms with Gasteiger partial charge in [0.1, 0.15) is 30.0 Å². The molecule has 11 unspecified atom stereocenters. The Morgan fingerprint density at radius 1 is 0.846 bits per heavy atom. The summed E-state index contributed by atoms with van der Waals surface area (Å²) >= 11 is 0. The number of benzene rings is 3. The first-order chi connectivity index (χ1) is 30.8. The normalized spacial score (nSPS) is 31.0. The summed E-state index contributed by atoms with van der Waals surface area (Å²) in [7, 11) is 0. The van der Waals surface area contributed by atoms with E-state index in [2.05, 4.69) is 5.32 Å². The summed E-state index contributed by atoms with van der Waals surface area (Å²) < 4.78 is 36.8. The van der Waals surface area contributed by atoms with E-state index in [1.165, 1.54) is 32.2 Å². The van der Waals surface area contributed by atoms with Crippen molar-refractivity contribution in [2.45, 2.75) is 115 Å². The van der Waals surface area contributed by atoms with E-state index in [9.17, 15) is 34.2 Å². The summed E-state index contributed by atoms with van der Waals surface area (Å²) in [5.41, 5.74) is -6.68. The van der Waals surface area contributed by atoms with Crippen LogP contribution >= 0.6 is 0 Å². The minimum atomic E-state index is -2.37. The van der Waals surface area contributed by atoms with E-state index in [4.69, 9.17) is 28.4 Å². The van der Waals surface area contributed by atoms with Crippen molar-refractivity contribution in [3.05, 3.63) is 131 Å². The van der Waals surface area contributed by atoms with Crippen LogP contribution in [0.5, 0.6) is 0 Å². The van der Waals surface area contributed by atoms with Gasteiger partial charge in [-0.25, -0.2) is 9.59 Å². The number of nitrogens with one attached hydrogen (secondary N) is 1. The summed E-state index contributed by atoms with van der Waals surface area (Å²) in [6, 6.07) is 23.8. The van der Waals surface area contributed by atoms with E-state index in [-0.39, 0.29) is 29.7 Å². The molecule has 344 valence electrons. The first-order valence-corrected chi connectivity index (χ1v) is 21.6. The monoisotopic (exact) mass is 893 g/mol. The number of aliphatic hydroxyl groups is 2. The van der Waals surface area contributed by atoms with Crippen LogP contribution in [-0.4, -0.2) is 100 Å². The zero-order valence-electron chi connectivity index (χ0n) is 37.3. The quantitative estimate of drug-likeness (QED) is 0.0914. The number of ether oxygens (including phenoxy) is 6. The molecule has 0 spiro atoms. The number of Topliss-reactive ketones (excluding diaryl/α,β-unsaturated/α-hetero) is 1.